The molecule has 0 spiro atoms. The lowest BCUT2D eigenvalue weighted by atomic mass is 10.3. The molecule has 88 valence electrons. The van der Waals surface area contributed by atoms with Gasteiger partial charge in [-0.05, 0) is 31.8 Å². The van der Waals surface area contributed by atoms with Crippen molar-refractivity contribution in [2.75, 3.05) is 19.6 Å². The summed E-state index contributed by atoms with van der Waals surface area (Å²) >= 11 is 0. The average molecular weight is 219 g/mol. The van der Waals surface area contributed by atoms with Gasteiger partial charge in [0.25, 0.3) is 0 Å². The minimum Gasteiger partial charge on any atom is -0.345 e. The van der Waals surface area contributed by atoms with Crippen LogP contribution < -0.4 is 0 Å². The van der Waals surface area contributed by atoms with Crippen molar-refractivity contribution in [2.24, 2.45) is 0 Å². The summed E-state index contributed by atoms with van der Waals surface area (Å²) in [4.78, 5) is 9.45. The molecule has 0 saturated carbocycles. The van der Waals surface area contributed by atoms with Crippen LogP contribution in [0.15, 0.2) is 30.6 Å². The topological polar surface area (TPSA) is 31.9 Å². The molecule has 0 radical (unpaired) electrons. The fourth-order valence-corrected chi connectivity index (χ4v) is 1.55. The highest BCUT2D eigenvalue weighted by molar-refractivity contribution is 5.73. The second-order valence-electron chi connectivity index (χ2n) is 3.54. The third-order valence-corrected chi connectivity index (χ3v) is 2.67. The van der Waals surface area contributed by atoms with E-state index in [9.17, 15) is 0 Å². The monoisotopic (exact) mass is 219 g/mol. The largest absolute Gasteiger partial charge is 0.345 e. The first kappa shape index (κ1) is 12.7. The summed E-state index contributed by atoms with van der Waals surface area (Å²) in [6.07, 6.45) is 1.70. The van der Waals surface area contributed by atoms with E-state index in [0.717, 1.165) is 11.0 Å². The second kappa shape index (κ2) is 7.01. The lowest BCUT2D eigenvalue weighted by molar-refractivity contribution is 0.321. The first-order valence-electron chi connectivity index (χ1n) is 5.92. The molecule has 0 fully saturated rings. The molecule has 0 aliphatic rings. The molecule has 16 heavy (non-hydrogen) atoms. The minimum absolute atomic E-state index is 1.03. The van der Waals surface area contributed by atoms with Crippen molar-refractivity contribution in [3.05, 3.63) is 30.6 Å². The molecule has 1 aromatic heterocycles. The van der Waals surface area contributed by atoms with Gasteiger partial charge in [-0.2, -0.15) is 0 Å². The predicted molar refractivity (Wildman–Crippen MR) is 69.6 cm³/mol. The molecule has 1 N–H and O–H groups in total. The van der Waals surface area contributed by atoms with Crippen LogP contribution in [0.3, 0.4) is 0 Å². The number of hydrogen-bond donors (Lipinski definition) is 1. The fourth-order valence-electron chi connectivity index (χ4n) is 1.55. The van der Waals surface area contributed by atoms with E-state index in [1.165, 1.54) is 19.6 Å². The van der Waals surface area contributed by atoms with E-state index < -0.39 is 0 Å². The number of para-hydroxylation sites is 2. The summed E-state index contributed by atoms with van der Waals surface area (Å²) in [7, 11) is 0. The molecule has 0 aliphatic heterocycles. The maximum atomic E-state index is 4.06. The van der Waals surface area contributed by atoms with Gasteiger partial charge in [0.15, 0.2) is 0 Å². The molecule has 1 heterocycles. The molecule has 0 bridgehead atoms. The number of nitrogens with zero attached hydrogens (tertiary/aromatic N) is 2. The number of aromatic amines is 1. The third kappa shape index (κ3) is 3.66. The summed E-state index contributed by atoms with van der Waals surface area (Å²) in [6, 6.07) is 7.94. The number of hydrogen-bond acceptors (Lipinski definition) is 2. The number of aromatic nitrogens is 2. The van der Waals surface area contributed by atoms with E-state index in [1.807, 2.05) is 24.3 Å². The van der Waals surface area contributed by atoms with Crippen LogP contribution in [0.25, 0.3) is 11.0 Å². The second-order valence-corrected chi connectivity index (χ2v) is 3.54. The van der Waals surface area contributed by atoms with E-state index in [4.69, 9.17) is 0 Å². The van der Waals surface area contributed by atoms with Gasteiger partial charge in [0.2, 0.25) is 0 Å². The molecular weight excluding hydrogens is 198 g/mol. The zero-order valence-electron chi connectivity index (χ0n) is 10.4. The van der Waals surface area contributed by atoms with Crippen molar-refractivity contribution in [1.29, 1.82) is 0 Å². The van der Waals surface area contributed by atoms with Crippen molar-refractivity contribution in [3.63, 3.8) is 0 Å². The first-order valence-corrected chi connectivity index (χ1v) is 5.92. The van der Waals surface area contributed by atoms with E-state index >= 15 is 0 Å². The first-order chi connectivity index (χ1) is 7.81. The molecule has 0 atom stereocenters. The van der Waals surface area contributed by atoms with Gasteiger partial charge in [0.05, 0.1) is 17.4 Å². The van der Waals surface area contributed by atoms with Crippen LogP contribution in [0.4, 0.5) is 0 Å². The van der Waals surface area contributed by atoms with E-state index in [1.54, 1.807) is 6.33 Å². The Morgan fingerprint density at radius 1 is 1.06 bits per heavy atom. The number of H-pyrrole nitrogens is 1. The van der Waals surface area contributed by atoms with Crippen LogP contribution in [-0.2, 0) is 0 Å². The zero-order chi connectivity index (χ0) is 11.8. The Morgan fingerprint density at radius 2 is 1.69 bits per heavy atom. The van der Waals surface area contributed by atoms with Gasteiger partial charge in [0.1, 0.15) is 0 Å². The van der Waals surface area contributed by atoms with Crippen molar-refractivity contribution >= 4 is 11.0 Å². The Kier molecular flexibility index (Phi) is 5.57. The summed E-state index contributed by atoms with van der Waals surface area (Å²) in [5.74, 6) is 0. The number of benzene rings is 1. The summed E-state index contributed by atoms with van der Waals surface area (Å²) in [6.45, 7) is 10.1. The zero-order valence-corrected chi connectivity index (χ0v) is 10.4. The number of fused-ring (bicyclic) bond motifs is 1. The fraction of sp³-hybridized carbons (Fsp3) is 0.462. The normalized spacial score (nSPS) is 10.2. The predicted octanol–water partition coefficient (Wildman–Crippen LogP) is 2.91. The summed E-state index contributed by atoms with van der Waals surface area (Å²) < 4.78 is 0. The molecule has 2 rings (SSSR count). The Hall–Kier alpha value is -1.35. The lowest BCUT2D eigenvalue weighted by Crippen LogP contribution is -2.21. The molecule has 0 aliphatic carbocycles. The lowest BCUT2D eigenvalue weighted by Gasteiger charge is -2.13. The Labute approximate surface area is 97.5 Å². The summed E-state index contributed by atoms with van der Waals surface area (Å²) in [5, 5.41) is 0. The van der Waals surface area contributed by atoms with E-state index in [0.29, 0.717) is 0 Å². The highest BCUT2D eigenvalue weighted by Crippen LogP contribution is 2.05. The highest BCUT2D eigenvalue weighted by atomic mass is 15.1. The SMILES string of the molecule is CCN(CC)CC.c1ccc2[nH]cnc2c1. The standard InChI is InChI=1S/C7H6N2.C6H15N/c1-2-4-7-6(3-1)8-5-9-7;1-4-7(5-2)6-3/h1-5H,(H,8,9);4-6H2,1-3H3. The van der Waals surface area contributed by atoms with Crippen LogP contribution in [-0.4, -0.2) is 34.5 Å². The number of nitrogens with one attached hydrogen (secondary N) is 1. The van der Waals surface area contributed by atoms with E-state index in [-0.39, 0.29) is 0 Å². The third-order valence-electron chi connectivity index (χ3n) is 2.67. The highest BCUT2D eigenvalue weighted by Gasteiger charge is 1.89. The van der Waals surface area contributed by atoms with Crippen LogP contribution in [0.5, 0.6) is 0 Å². The van der Waals surface area contributed by atoms with Gasteiger partial charge in [-0.3, -0.25) is 0 Å². The van der Waals surface area contributed by atoms with Crippen LogP contribution in [0.1, 0.15) is 20.8 Å². The number of imidazole rings is 1. The maximum absolute atomic E-state index is 4.06. The van der Waals surface area contributed by atoms with E-state index in [2.05, 4.69) is 35.6 Å². The van der Waals surface area contributed by atoms with Crippen molar-refractivity contribution in [2.45, 2.75) is 20.8 Å². The minimum atomic E-state index is 1.03. The van der Waals surface area contributed by atoms with Gasteiger partial charge in [-0.1, -0.05) is 32.9 Å². The van der Waals surface area contributed by atoms with Gasteiger partial charge in [-0.15, -0.1) is 0 Å². The number of rotatable bonds is 3. The molecular formula is C13H21N3. The Morgan fingerprint density at radius 3 is 2.19 bits per heavy atom. The van der Waals surface area contributed by atoms with Crippen LogP contribution in [0, 0.1) is 0 Å². The molecule has 0 saturated heterocycles. The van der Waals surface area contributed by atoms with Gasteiger partial charge >= 0.3 is 0 Å². The van der Waals surface area contributed by atoms with Gasteiger partial charge in [-0.25, -0.2) is 4.98 Å². The van der Waals surface area contributed by atoms with Gasteiger partial charge in [0, 0.05) is 0 Å². The van der Waals surface area contributed by atoms with Crippen molar-refractivity contribution in [3.8, 4) is 0 Å². The average Bonchev–Trinajstić information content (AvgIpc) is 2.80. The quantitative estimate of drug-likeness (QED) is 0.860. The smallest absolute Gasteiger partial charge is 0.0931 e. The van der Waals surface area contributed by atoms with Crippen molar-refractivity contribution in [1.82, 2.24) is 14.9 Å². The van der Waals surface area contributed by atoms with Crippen molar-refractivity contribution < 1.29 is 0 Å². The molecule has 1 aromatic carbocycles. The van der Waals surface area contributed by atoms with Gasteiger partial charge < -0.3 is 9.88 Å². The Bertz CT molecular complexity index is 355. The molecule has 3 nitrogen and oxygen atoms in total. The summed E-state index contributed by atoms with van der Waals surface area (Å²) in [5.41, 5.74) is 2.12. The maximum Gasteiger partial charge on any atom is 0.0931 e. The Balaban J connectivity index is 0.000000168. The molecule has 0 unspecified atom stereocenters. The molecule has 3 heteroatoms. The molecule has 2 aromatic rings. The van der Waals surface area contributed by atoms with Crippen LogP contribution in [0.2, 0.25) is 0 Å². The van der Waals surface area contributed by atoms with Crippen LogP contribution >= 0.6 is 0 Å². The molecule has 0 amide bonds.